The number of carboxylic acids is 1. The number of nitrogens with zero attached hydrogens (tertiary/aromatic N) is 2. The van der Waals surface area contributed by atoms with Gasteiger partial charge in [-0.25, -0.2) is 4.79 Å². The van der Waals surface area contributed by atoms with Gasteiger partial charge in [0.15, 0.2) is 0 Å². The van der Waals surface area contributed by atoms with Gasteiger partial charge in [-0.3, -0.25) is 9.48 Å². The summed E-state index contributed by atoms with van der Waals surface area (Å²) in [5.74, 6) is -1.35. The maximum atomic E-state index is 13.3. The highest BCUT2D eigenvalue weighted by Crippen LogP contribution is 2.55. The van der Waals surface area contributed by atoms with Gasteiger partial charge in [0.05, 0.1) is 23.9 Å². The number of nitrogens with one attached hydrogen (secondary N) is 1. The number of nitrogens with two attached hydrogens (primary N) is 2. The molecule has 9 heteroatoms. The maximum absolute atomic E-state index is 13.3. The van der Waals surface area contributed by atoms with Crippen LogP contribution < -0.4 is 21.5 Å². The second-order valence-electron chi connectivity index (χ2n) is 8.49. The number of carboxylic acid groups (broad SMARTS) is 1. The molecule has 9 nitrogen and oxygen atoms in total. The van der Waals surface area contributed by atoms with Crippen LogP contribution in [-0.4, -0.2) is 39.0 Å². The van der Waals surface area contributed by atoms with Crippen molar-refractivity contribution in [3.63, 3.8) is 0 Å². The molecule has 170 valence electrons. The Morgan fingerprint density at radius 1 is 1.41 bits per heavy atom. The summed E-state index contributed by atoms with van der Waals surface area (Å²) in [4.78, 5) is 25.0. The van der Waals surface area contributed by atoms with Crippen molar-refractivity contribution in [2.24, 2.45) is 17.4 Å². The molecule has 2 heterocycles. The van der Waals surface area contributed by atoms with Crippen molar-refractivity contribution >= 4 is 11.9 Å². The minimum Gasteiger partial charge on any atom is -0.493 e. The Labute approximate surface area is 186 Å². The summed E-state index contributed by atoms with van der Waals surface area (Å²) in [5.41, 5.74) is 14.8. The van der Waals surface area contributed by atoms with Crippen LogP contribution in [0.15, 0.2) is 30.4 Å². The molecule has 2 aromatic rings. The molecule has 1 aromatic carbocycles. The molecule has 4 atom stereocenters. The number of carbonyl (C=O) groups excluding carboxylic acids is 1. The predicted octanol–water partition coefficient (Wildman–Crippen LogP) is 2.07. The Morgan fingerprint density at radius 2 is 2.16 bits per heavy atom. The van der Waals surface area contributed by atoms with Crippen molar-refractivity contribution in [2.75, 3.05) is 6.61 Å². The fraction of sp³-hybridized carbons (Fsp3) is 0.435. The zero-order valence-corrected chi connectivity index (χ0v) is 18.5. The molecular weight excluding hydrogens is 410 g/mol. The average Bonchev–Trinajstić information content (AvgIpc) is 3.25. The lowest BCUT2D eigenvalue weighted by Crippen LogP contribution is -2.64. The van der Waals surface area contributed by atoms with Gasteiger partial charge in [-0.15, -0.1) is 0 Å². The summed E-state index contributed by atoms with van der Waals surface area (Å²) < 4.78 is 7.57. The number of aryl methyl sites for hydroxylation is 2. The van der Waals surface area contributed by atoms with Gasteiger partial charge in [-0.1, -0.05) is 12.2 Å². The number of benzene rings is 1. The molecule has 1 amide bonds. The van der Waals surface area contributed by atoms with Crippen molar-refractivity contribution in [1.82, 2.24) is 15.1 Å². The minimum absolute atomic E-state index is 0.0372. The van der Waals surface area contributed by atoms with E-state index in [9.17, 15) is 14.7 Å². The van der Waals surface area contributed by atoms with Crippen LogP contribution in [0.2, 0.25) is 0 Å². The highest BCUT2D eigenvalue weighted by molar-refractivity contribution is 5.94. The molecule has 0 spiro atoms. The van der Waals surface area contributed by atoms with Crippen LogP contribution in [0.4, 0.5) is 0 Å². The SMILES string of the molecule is CC=CCC1COc2cc(C(=O)O)cc3c2C1[C@@](N)(NC(=O)c1cc(C)nn1CC)C3N. The number of carbonyl (C=O) groups is 2. The van der Waals surface area contributed by atoms with Crippen molar-refractivity contribution in [2.45, 2.75) is 51.4 Å². The highest BCUT2D eigenvalue weighted by atomic mass is 16.5. The molecular formula is C23H29N5O4. The molecule has 6 N–H and O–H groups in total. The number of hydrogen-bond acceptors (Lipinski definition) is 6. The van der Waals surface area contributed by atoms with Crippen LogP contribution in [-0.2, 0) is 6.54 Å². The minimum atomic E-state index is -1.32. The van der Waals surface area contributed by atoms with E-state index in [2.05, 4.69) is 10.4 Å². The Bertz CT molecular complexity index is 1110. The van der Waals surface area contributed by atoms with E-state index in [1.807, 2.05) is 32.9 Å². The molecule has 0 bridgehead atoms. The highest BCUT2D eigenvalue weighted by Gasteiger charge is 2.56. The third-order valence-electron chi connectivity index (χ3n) is 6.46. The topological polar surface area (TPSA) is 145 Å². The van der Waals surface area contributed by atoms with Gasteiger partial charge in [0.2, 0.25) is 0 Å². The first-order chi connectivity index (χ1) is 15.2. The zero-order chi connectivity index (χ0) is 23.2. The monoisotopic (exact) mass is 439 g/mol. The second-order valence-corrected chi connectivity index (χ2v) is 8.49. The lowest BCUT2D eigenvalue weighted by molar-refractivity contribution is 0.0695. The van der Waals surface area contributed by atoms with Gasteiger partial charge in [0.25, 0.3) is 5.91 Å². The van der Waals surface area contributed by atoms with Gasteiger partial charge >= 0.3 is 5.97 Å². The second kappa shape index (κ2) is 8.07. The normalized spacial score (nSPS) is 26.1. The summed E-state index contributed by atoms with van der Waals surface area (Å²) in [6.45, 7) is 6.55. The molecule has 0 saturated heterocycles. The molecule has 0 radical (unpaired) electrons. The molecule has 1 aromatic heterocycles. The first-order valence-electron chi connectivity index (χ1n) is 10.8. The molecule has 32 heavy (non-hydrogen) atoms. The fourth-order valence-electron chi connectivity index (χ4n) is 4.99. The predicted molar refractivity (Wildman–Crippen MR) is 119 cm³/mol. The lowest BCUT2D eigenvalue weighted by atomic mass is 9.77. The third kappa shape index (κ3) is 3.37. The Hall–Kier alpha value is -3.17. The van der Waals surface area contributed by atoms with Crippen LogP contribution in [0.25, 0.3) is 0 Å². The number of aromatic nitrogens is 2. The molecule has 1 aliphatic heterocycles. The van der Waals surface area contributed by atoms with E-state index in [-0.39, 0.29) is 23.3 Å². The summed E-state index contributed by atoms with van der Waals surface area (Å²) in [6.07, 6.45) is 4.68. The van der Waals surface area contributed by atoms with Gasteiger partial charge in [-0.05, 0) is 51.0 Å². The maximum Gasteiger partial charge on any atom is 0.335 e. The van der Waals surface area contributed by atoms with E-state index >= 15 is 0 Å². The molecule has 0 saturated carbocycles. The summed E-state index contributed by atoms with van der Waals surface area (Å²) >= 11 is 0. The van der Waals surface area contributed by atoms with Crippen LogP contribution in [0.1, 0.15) is 69.9 Å². The van der Waals surface area contributed by atoms with Gasteiger partial charge in [0.1, 0.15) is 17.1 Å². The molecule has 3 unspecified atom stereocenters. The first kappa shape index (κ1) is 22.0. The van der Waals surface area contributed by atoms with Gasteiger partial charge in [0, 0.05) is 23.9 Å². The van der Waals surface area contributed by atoms with E-state index in [0.29, 0.717) is 36.6 Å². The van der Waals surface area contributed by atoms with Crippen LogP contribution in [0, 0.1) is 12.8 Å². The number of ether oxygens (including phenoxy) is 1. The standard InChI is InChI=1S/C23H29N5O4/c1-4-6-7-13-11-32-17-10-14(22(30)31)9-15-18(17)19(13)23(25,20(15)24)26-21(29)16-8-12(3)27-28(16)5-2/h4,6,8-10,13,19-20H,5,7,11,24-25H2,1-3H3,(H,26,29)(H,30,31)/t13?,19?,20?,23-/m1/s1. The van der Waals surface area contributed by atoms with Crippen LogP contribution >= 0.6 is 0 Å². The lowest BCUT2D eigenvalue weighted by Gasteiger charge is -2.41. The third-order valence-corrected chi connectivity index (χ3v) is 6.46. The summed E-state index contributed by atoms with van der Waals surface area (Å²) in [7, 11) is 0. The van der Waals surface area contributed by atoms with Crippen molar-refractivity contribution in [3.05, 3.63) is 58.4 Å². The number of allylic oxidation sites excluding steroid dienone is 2. The number of rotatable bonds is 6. The quantitative estimate of drug-likeness (QED) is 0.398. The van der Waals surface area contributed by atoms with Crippen LogP contribution in [0.3, 0.4) is 0 Å². The molecule has 4 rings (SSSR count). The smallest absolute Gasteiger partial charge is 0.335 e. The first-order valence-corrected chi connectivity index (χ1v) is 10.8. The zero-order valence-electron chi connectivity index (χ0n) is 18.5. The number of amides is 1. The van der Waals surface area contributed by atoms with E-state index < -0.39 is 17.7 Å². The Morgan fingerprint density at radius 3 is 2.81 bits per heavy atom. The van der Waals surface area contributed by atoms with Crippen molar-refractivity contribution < 1.29 is 19.4 Å². The van der Waals surface area contributed by atoms with Crippen LogP contribution in [0.5, 0.6) is 5.75 Å². The molecule has 1 aliphatic carbocycles. The Balaban J connectivity index is 1.80. The largest absolute Gasteiger partial charge is 0.493 e. The van der Waals surface area contributed by atoms with Gasteiger partial charge < -0.3 is 26.6 Å². The Kier molecular flexibility index (Phi) is 5.56. The van der Waals surface area contributed by atoms with E-state index in [1.54, 1.807) is 16.8 Å². The van der Waals surface area contributed by atoms with Gasteiger partial charge in [-0.2, -0.15) is 5.10 Å². The summed E-state index contributed by atoms with van der Waals surface area (Å²) in [5, 5.41) is 16.9. The number of aromatic carboxylic acids is 1. The van der Waals surface area contributed by atoms with E-state index in [4.69, 9.17) is 16.2 Å². The van der Waals surface area contributed by atoms with Crippen molar-refractivity contribution in [1.29, 1.82) is 0 Å². The number of hydrogen-bond donors (Lipinski definition) is 4. The molecule has 2 aliphatic rings. The fourth-order valence-corrected chi connectivity index (χ4v) is 4.99. The van der Waals surface area contributed by atoms with E-state index in [1.165, 1.54) is 6.07 Å². The molecule has 0 fully saturated rings. The van der Waals surface area contributed by atoms with E-state index in [0.717, 1.165) is 11.3 Å². The van der Waals surface area contributed by atoms with Crippen molar-refractivity contribution in [3.8, 4) is 5.75 Å². The summed E-state index contributed by atoms with van der Waals surface area (Å²) in [6, 6.07) is 3.96. The average molecular weight is 440 g/mol.